The summed E-state index contributed by atoms with van der Waals surface area (Å²) in [4.78, 5) is 0. The SMILES string of the molecule is C=C/C=C(\C=C)C1(CCC)COC1.CC. The second kappa shape index (κ2) is 7.47. The Hall–Kier alpha value is -0.820. The molecule has 1 aliphatic heterocycles. The summed E-state index contributed by atoms with van der Waals surface area (Å²) >= 11 is 0. The van der Waals surface area contributed by atoms with Crippen LogP contribution in [-0.4, -0.2) is 13.2 Å². The van der Waals surface area contributed by atoms with Gasteiger partial charge in [-0.1, -0.05) is 58.6 Å². The highest BCUT2D eigenvalue weighted by Gasteiger charge is 2.39. The minimum absolute atomic E-state index is 0.241. The molecule has 0 aromatic rings. The first-order valence-electron chi connectivity index (χ1n) is 5.82. The third-order valence-corrected chi connectivity index (χ3v) is 2.61. The van der Waals surface area contributed by atoms with Gasteiger partial charge in [0.1, 0.15) is 0 Å². The molecule has 0 saturated carbocycles. The van der Waals surface area contributed by atoms with Gasteiger partial charge in [-0.2, -0.15) is 0 Å². The van der Waals surface area contributed by atoms with Crippen LogP contribution < -0.4 is 0 Å². The number of rotatable bonds is 5. The van der Waals surface area contributed by atoms with Crippen LogP contribution in [0, 0.1) is 5.41 Å². The van der Waals surface area contributed by atoms with E-state index in [0.717, 1.165) is 13.2 Å². The zero-order valence-corrected chi connectivity index (χ0v) is 10.4. The van der Waals surface area contributed by atoms with E-state index in [4.69, 9.17) is 4.74 Å². The first-order chi connectivity index (χ1) is 7.29. The molecule has 1 aliphatic rings. The van der Waals surface area contributed by atoms with Gasteiger partial charge in [0.25, 0.3) is 0 Å². The van der Waals surface area contributed by atoms with Crippen molar-refractivity contribution in [1.29, 1.82) is 0 Å². The van der Waals surface area contributed by atoms with Crippen molar-refractivity contribution >= 4 is 0 Å². The van der Waals surface area contributed by atoms with Crippen molar-refractivity contribution < 1.29 is 4.74 Å². The van der Waals surface area contributed by atoms with Crippen molar-refractivity contribution in [3.8, 4) is 0 Å². The molecular formula is C14H24O. The van der Waals surface area contributed by atoms with Gasteiger partial charge in [0.05, 0.1) is 13.2 Å². The smallest absolute Gasteiger partial charge is 0.0585 e. The minimum Gasteiger partial charge on any atom is -0.379 e. The van der Waals surface area contributed by atoms with Gasteiger partial charge in [-0.3, -0.25) is 0 Å². The Bertz CT molecular complexity index is 221. The van der Waals surface area contributed by atoms with Crippen molar-refractivity contribution in [2.24, 2.45) is 5.41 Å². The fourth-order valence-electron chi connectivity index (χ4n) is 1.87. The summed E-state index contributed by atoms with van der Waals surface area (Å²) in [5.74, 6) is 0. The van der Waals surface area contributed by atoms with Crippen molar-refractivity contribution in [3.05, 3.63) is 37.0 Å². The van der Waals surface area contributed by atoms with Gasteiger partial charge in [-0.05, 0) is 12.0 Å². The van der Waals surface area contributed by atoms with Crippen LogP contribution in [0.1, 0.15) is 33.6 Å². The summed E-state index contributed by atoms with van der Waals surface area (Å²) in [6.07, 6.45) is 8.17. The minimum atomic E-state index is 0.241. The molecule has 1 heteroatoms. The van der Waals surface area contributed by atoms with Crippen molar-refractivity contribution in [3.63, 3.8) is 0 Å². The molecule has 0 aliphatic carbocycles. The van der Waals surface area contributed by atoms with Crippen LogP contribution in [0.4, 0.5) is 0 Å². The maximum atomic E-state index is 5.30. The third kappa shape index (κ3) is 3.35. The standard InChI is InChI=1S/C12H18O.C2H6/c1-4-7-11(6-3)12(8-5-2)9-13-10-12;1-2/h4,6-7H,1,3,5,8-10H2,2H3;1-2H3/b11-7+;. The van der Waals surface area contributed by atoms with Crippen molar-refractivity contribution in [2.45, 2.75) is 33.6 Å². The van der Waals surface area contributed by atoms with Gasteiger partial charge in [-0.25, -0.2) is 0 Å². The fourth-order valence-corrected chi connectivity index (χ4v) is 1.87. The number of hydrogen-bond acceptors (Lipinski definition) is 1. The Morgan fingerprint density at radius 1 is 1.33 bits per heavy atom. The van der Waals surface area contributed by atoms with Gasteiger partial charge in [0.2, 0.25) is 0 Å². The lowest BCUT2D eigenvalue weighted by molar-refractivity contribution is -0.0915. The summed E-state index contributed by atoms with van der Waals surface area (Å²) in [6.45, 7) is 15.4. The van der Waals surface area contributed by atoms with E-state index in [-0.39, 0.29) is 5.41 Å². The maximum Gasteiger partial charge on any atom is 0.0585 e. The Morgan fingerprint density at radius 3 is 2.20 bits per heavy atom. The average molecular weight is 208 g/mol. The first-order valence-corrected chi connectivity index (χ1v) is 5.82. The molecule has 1 rings (SSSR count). The van der Waals surface area contributed by atoms with Crippen molar-refractivity contribution in [2.75, 3.05) is 13.2 Å². The first kappa shape index (κ1) is 14.2. The van der Waals surface area contributed by atoms with Gasteiger partial charge in [0, 0.05) is 5.41 Å². The largest absolute Gasteiger partial charge is 0.379 e. The van der Waals surface area contributed by atoms with Crippen LogP contribution in [0.2, 0.25) is 0 Å². The van der Waals surface area contributed by atoms with Gasteiger partial charge in [-0.15, -0.1) is 0 Å². The van der Waals surface area contributed by atoms with E-state index in [0.29, 0.717) is 0 Å². The van der Waals surface area contributed by atoms with Gasteiger partial charge in [0.15, 0.2) is 0 Å². The highest BCUT2D eigenvalue weighted by molar-refractivity contribution is 5.30. The van der Waals surface area contributed by atoms with Gasteiger partial charge >= 0.3 is 0 Å². The normalized spacial score (nSPS) is 18.2. The van der Waals surface area contributed by atoms with Crippen LogP contribution in [-0.2, 0) is 4.74 Å². The maximum absolute atomic E-state index is 5.30. The molecule has 1 fully saturated rings. The molecule has 0 bridgehead atoms. The zero-order valence-electron chi connectivity index (χ0n) is 10.4. The van der Waals surface area contributed by atoms with Gasteiger partial charge < -0.3 is 4.74 Å². The second-order valence-corrected chi connectivity index (χ2v) is 3.58. The lowest BCUT2D eigenvalue weighted by Crippen LogP contribution is -2.43. The summed E-state index contributed by atoms with van der Waals surface area (Å²) in [7, 11) is 0. The highest BCUT2D eigenvalue weighted by atomic mass is 16.5. The lowest BCUT2D eigenvalue weighted by atomic mass is 9.74. The zero-order chi connectivity index (χ0) is 11.7. The average Bonchev–Trinajstić information content (AvgIpc) is 2.23. The molecule has 0 aromatic heterocycles. The Balaban J connectivity index is 0.000000921. The molecule has 0 atom stereocenters. The number of allylic oxidation sites excluding steroid dienone is 3. The molecule has 0 N–H and O–H groups in total. The highest BCUT2D eigenvalue weighted by Crippen LogP contribution is 2.40. The third-order valence-electron chi connectivity index (χ3n) is 2.61. The van der Waals surface area contributed by atoms with E-state index in [9.17, 15) is 0 Å². The van der Waals surface area contributed by atoms with Crippen LogP contribution >= 0.6 is 0 Å². The van der Waals surface area contributed by atoms with Crippen LogP contribution in [0.15, 0.2) is 37.0 Å². The molecule has 0 unspecified atom stereocenters. The molecule has 1 nitrogen and oxygen atoms in total. The quantitative estimate of drug-likeness (QED) is 0.617. The molecule has 1 saturated heterocycles. The fraction of sp³-hybridized carbons (Fsp3) is 0.571. The van der Waals surface area contributed by atoms with Crippen LogP contribution in [0.25, 0.3) is 0 Å². The molecule has 0 radical (unpaired) electrons. The second-order valence-electron chi connectivity index (χ2n) is 3.58. The Labute approximate surface area is 94.5 Å². The molecule has 15 heavy (non-hydrogen) atoms. The summed E-state index contributed by atoms with van der Waals surface area (Å²) in [6, 6.07) is 0. The van der Waals surface area contributed by atoms with Crippen LogP contribution in [0.3, 0.4) is 0 Å². The van der Waals surface area contributed by atoms with E-state index in [1.165, 1.54) is 18.4 Å². The molecule has 1 heterocycles. The lowest BCUT2D eigenvalue weighted by Gasteiger charge is -2.42. The summed E-state index contributed by atoms with van der Waals surface area (Å²) in [5, 5.41) is 0. The van der Waals surface area contributed by atoms with Crippen molar-refractivity contribution in [1.82, 2.24) is 0 Å². The molecule has 86 valence electrons. The Kier molecular flexibility index (Phi) is 7.06. The van der Waals surface area contributed by atoms with E-state index in [1.807, 2.05) is 32.1 Å². The topological polar surface area (TPSA) is 9.23 Å². The van der Waals surface area contributed by atoms with E-state index < -0.39 is 0 Å². The molecule has 0 aromatic carbocycles. The van der Waals surface area contributed by atoms with Crippen LogP contribution in [0.5, 0.6) is 0 Å². The number of hydrogen-bond donors (Lipinski definition) is 0. The Morgan fingerprint density at radius 2 is 1.93 bits per heavy atom. The predicted octanol–water partition coefficient (Wildman–Crippen LogP) is 4.13. The number of ether oxygens (including phenoxy) is 1. The molecule has 0 spiro atoms. The monoisotopic (exact) mass is 208 g/mol. The summed E-state index contributed by atoms with van der Waals surface area (Å²) < 4.78 is 5.30. The molecule has 0 amide bonds. The van der Waals surface area contributed by atoms with E-state index >= 15 is 0 Å². The molecular weight excluding hydrogens is 184 g/mol. The van der Waals surface area contributed by atoms with E-state index in [2.05, 4.69) is 20.1 Å². The predicted molar refractivity (Wildman–Crippen MR) is 68.0 cm³/mol. The summed E-state index contributed by atoms with van der Waals surface area (Å²) in [5.41, 5.74) is 1.51. The van der Waals surface area contributed by atoms with E-state index in [1.54, 1.807) is 0 Å².